The number of carbonyl (C=O) groups is 4. The lowest BCUT2D eigenvalue weighted by atomic mass is 9.44. The first-order chi connectivity index (χ1) is 25.2. The topological polar surface area (TPSA) is 141 Å². The molecule has 10 heteroatoms. The summed E-state index contributed by atoms with van der Waals surface area (Å²) in [7, 11) is -1.78. The summed E-state index contributed by atoms with van der Waals surface area (Å²) in [6, 6.07) is 31.9. The maximum absolute atomic E-state index is 15.1. The Labute approximate surface area is 301 Å². The number of benzene rings is 4. The van der Waals surface area contributed by atoms with Crippen LogP contribution < -0.4 is 15.1 Å². The first kappa shape index (κ1) is 33.7. The molecule has 3 N–H and O–H groups in total. The molecule has 0 bridgehead atoms. The van der Waals surface area contributed by atoms with E-state index in [1.807, 2.05) is 78.9 Å². The van der Waals surface area contributed by atoms with Crippen molar-refractivity contribution in [2.45, 2.75) is 24.2 Å². The first-order valence-electron chi connectivity index (χ1n) is 17.5. The van der Waals surface area contributed by atoms with Crippen LogP contribution in [-0.4, -0.2) is 58.9 Å². The summed E-state index contributed by atoms with van der Waals surface area (Å²) in [4.78, 5) is 60.0. The van der Waals surface area contributed by atoms with E-state index in [0.717, 1.165) is 16.0 Å². The molecule has 4 aromatic rings. The maximum atomic E-state index is 15.1. The number of hydrogen-bond acceptors (Lipinski definition) is 8. The summed E-state index contributed by atoms with van der Waals surface area (Å²) in [6.07, 6.45) is 3.93. The van der Waals surface area contributed by atoms with Gasteiger partial charge in [0.15, 0.2) is 11.6 Å². The molecule has 1 saturated heterocycles. The van der Waals surface area contributed by atoms with Gasteiger partial charge in [0.05, 0.1) is 29.5 Å². The smallest absolute Gasteiger partial charge is 0.488 e. The third kappa shape index (κ3) is 5.20. The fourth-order valence-electron chi connectivity index (χ4n) is 9.25. The van der Waals surface area contributed by atoms with E-state index in [2.05, 4.69) is 0 Å². The van der Waals surface area contributed by atoms with Crippen molar-refractivity contribution in [1.29, 1.82) is 0 Å². The van der Waals surface area contributed by atoms with Crippen LogP contribution in [0.4, 0.5) is 5.69 Å². The fraction of sp³-hybridized carbons (Fsp3) is 0.238. The van der Waals surface area contributed by atoms with E-state index >= 15 is 9.59 Å². The highest BCUT2D eigenvalue weighted by Crippen LogP contribution is 2.63. The second-order valence-corrected chi connectivity index (χ2v) is 13.9. The Morgan fingerprint density at radius 1 is 0.808 bits per heavy atom. The standard InChI is InChI=1S/C42H36BNO8/c45-20-21-52-30-16-14-26(15-17-30)38-31-18-19-32-37(41(49)44(40(32)48)29-13-7-12-28(22-29)43(50)51)34(31)23-35-39(47)33(25-8-3-1-4-9-25)24-36(46)42(35,38)27-10-5-2-6-11-27/h1-18,22,24,32,34-35,37-38,45,50-51H,19-21,23H2. The third-order valence-electron chi connectivity index (χ3n) is 11.4. The molecule has 1 saturated carbocycles. The van der Waals surface area contributed by atoms with Gasteiger partial charge in [-0.2, -0.15) is 0 Å². The number of nitrogens with zero attached hydrogens (tertiary/aromatic N) is 1. The second kappa shape index (κ2) is 13.3. The molecule has 4 aromatic carbocycles. The van der Waals surface area contributed by atoms with Crippen LogP contribution in [0.2, 0.25) is 0 Å². The summed E-state index contributed by atoms with van der Waals surface area (Å²) in [5.41, 5.74) is 2.30. The SMILES string of the molecule is O=C1C(c2ccccc2)=CC(=O)C2(c3ccccc3)C1CC1C(=CCC3C(=O)N(c4cccc(B(O)O)c4)C(=O)C31)C2c1ccc(OCCO)cc1. The summed E-state index contributed by atoms with van der Waals surface area (Å²) in [5, 5.41) is 29.0. The van der Waals surface area contributed by atoms with Crippen molar-refractivity contribution in [3.63, 3.8) is 0 Å². The highest BCUT2D eigenvalue weighted by Gasteiger charge is 2.66. The number of carbonyl (C=O) groups excluding carboxylic acids is 4. The lowest BCUT2D eigenvalue weighted by Crippen LogP contribution is -2.58. The molecule has 1 heterocycles. The van der Waals surface area contributed by atoms with Gasteiger partial charge in [-0.05, 0) is 71.3 Å². The molecular formula is C42H36BNO8. The lowest BCUT2D eigenvalue weighted by molar-refractivity contribution is -0.135. The largest absolute Gasteiger partial charge is 0.491 e. The van der Waals surface area contributed by atoms with Gasteiger partial charge >= 0.3 is 7.12 Å². The van der Waals surface area contributed by atoms with Gasteiger partial charge in [0.25, 0.3) is 0 Å². The van der Waals surface area contributed by atoms with Gasteiger partial charge in [-0.3, -0.25) is 24.1 Å². The number of amides is 2. The van der Waals surface area contributed by atoms with E-state index in [1.54, 1.807) is 24.3 Å². The van der Waals surface area contributed by atoms with E-state index in [1.165, 1.54) is 18.2 Å². The molecule has 6 atom stereocenters. The Bertz CT molecular complexity index is 2130. The van der Waals surface area contributed by atoms with Gasteiger partial charge in [0.2, 0.25) is 11.8 Å². The van der Waals surface area contributed by atoms with Crippen molar-refractivity contribution in [3.05, 3.63) is 144 Å². The molecule has 3 aliphatic carbocycles. The zero-order chi connectivity index (χ0) is 36.1. The molecule has 4 aliphatic rings. The predicted molar refractivity (Wildman–Crippen MR) is 194 cm³/mol. The zero-order valence-electron chi connectivity index (χ0n) is 28.2. The summed E-state index contributed by atoms with van der Waals surface area (Å²) >= 11 is 0. The molecule has 0 spiro atoms. The van der Waals surface area contributed by atoms with E-state index in [9.17, 15) is 24.7 Å². The molecule has 6 unspecified atom stereocenters. The Morgan fingerprint density at radius 3 is 2.21 bits per heavy atom. The van der Waals surface area contributed by atoms with Crippen LogP contribution in [-0.2, 0) is 24.6 Å². The molecular weight excluding hydrogens is 657 g/mol. The number of ketones is 2. The minimum absolute atomic E-state index is 0.113. The van der Waals surface area contributed by atoms with Crippen LogP contribution in [0, 0.1) is 23.7 Å². The number of aliphatic hydroxyl groups excluding tert-OH is 1. The van der Waals surface area contributed by atoms with Crippen LogP contribution in [0.5, 0.6) is 5.75 Å². The maximum Gasteiger partial charge on any atom is 0.488 e. The number of rotatable bonds is 8. The average Bonchev–Trinajstić information content (AvgIpc) is 3.44. The summed E-state index contributed by atoms with van der Waals surface area (Å²) in [5.74, 6) is -4.23. The number of ether oxygens (including phenoxy) is 1. The molecule has 9 nitrogen and oxygen atoms in total. The minimum Gasteiger partial charge on any atom is -0.491 e. The Morgan fingerprint density at radius 2 is 1.52 bits per heavy atom. The number of Topliss-reactive ketones (excluding diaryl/α,β-unsaturated/α-hetero) is 1. The van der Waals surface area contributed by atoms with Crippen LogP contribution in [0.15, 0.2) is 127 Å². The monoisotopic (exact) mass is 693 g/mol. The van der Waals surface area contributed by atoms with E-state index in [-0.39, 0.29) is 54.7 Å². The Hall–Kier alpha value is -5.42. The van der Waals surface area contributed by atoms with Crippen molar-refractivity contribution in [2.75, 3.05) is 18.1 Å². The zero-order valence-corrected chi connectivity index (χ0v) is 28.2. The molecule has 260 valence electrons. The number of anilines is 1. The first-order valence-corrected chi connectivity index (χ1v) is 17.5. The molecule has 1 aliphatic heterocycles. The van der Waals surface area contributed by atoms with Gasteiger partial charge in [0, 0.05) is 17.4 Å². The molecule has 8 rings (SSSR count). The Kier molecular flexibility index (Phi) is 8.61. The van der Waals surface area contributed by atoms with Crippen molar-refractivity contribution in [2.24, 2.45) is 23.7 Å². The molecule has 52 heavy (non-hydrogen) atoms. The summed E-state index contributed by atoms with van der Waals surface area (Å²) < 4.78 is 5.67. The van der Waals surface area contributed by atoms with Crippen LogP contribution in [0.1, 0.15) is 35.4 Å². The molecule has 0 aromatic heterocycles. The molecule has 2 amide bonds. The highest BCUT2D eigenvalue weighted by molar-refractivity contribution is 6.58. The fourth-order valence-corrected chi connectivity index (χ4v) is 9.25. The van der Waals surface area contributed by atoms with Crippen LogP contribution in [0.3, 0.4) is 0 Å². The number of aliphatic hydroxyl groups is 1. The highest BCUT2D eigenvalue weighted by atomic mass is 16.5. The van der Waals surface area contributed by atoms with Crippen molar-refractivity contribution in [3.8, 4) is 5.75 Å². The van der Waals surface area contributed by atoms with Gasteiger partial charge < -0.3 is 19.9 Å². The van der Waals surface area contributed by atoms with E-state index < -0.39 is 48.0 Å². The number of fused-ring (bicyclic) bond motifs is 4. The van der Waals surface area contributed by atoms with E-state index in [0.29, 0.717) is 22.4 Å². The lowest BCUT2D eigenvalue weighted by Gasteiger charge is -2.55. The van der Waals surface area contributed by atoms with Gasteiger partial charge in [-0.15, -0.1) is 0 Å². The predicted octanol–water partition coefficient (Wildman–Crippen LogP) is 3.77. The number of allylic oxidation sites excluding steroid dienone is 4. The van der Waals surface area contributed by atoms with E-state index in [4.69, 9.17) is 4.74 Å². The van der Waals surface area contributed by atoms with Crippen molar-refractivity contribution < 1.29 is 39.1 Å². The Balaban J connectivity index is 1.32. The number of imide groups is 1. The minimum atomic E-state index is -1.78. The quantitative estimate of drug-likeness (QED) is 0.144. The third-order valence-corrected chi connectivity index (χ3v) is 11.4. The van der Waals surface area contributed by atoms with Crippen LogP contribution >= 0.6 is 0 Å². The molecule has 2 fully saturated rings. The summed E-state index contributed by atoms with van der Waals surface area (Å²) in [6.45, 7) is -0.0381. The normalized spacial score (nSPS) is 26.6. The average molecular weight is 694 g/mol. The van der Waals surface area contributed by atoms with Crippen molar-refractivity contribution >= 4 is 47.2 Å². The second-order valence-electron chi connectivity index (χ2n) is 13.9. The van der Waals surface area contributed by atoms with Gasteiger partial charge in [0.1, 0.15) is 12.4 Å². The van der Waals surface area contributed by atoms with Crippen LogP contribution in [0.25, 0.3) is 5.57 Å². The van der Waals surface area contributed by atoms with Crippen molar-refractivity contribution in [1.82, 2.24) is 0 Å². The van der Waals surface area contributed by atoms with Gasteiger partial charge in [-0.1, -0.05) is 96.6 Å². The number of hydrogen-bond donors (Lipinski definition) is 3. The molecule has 0 radical (unpaired) electrons. The van der Waals surface area contributed by atoms with Gasteiger partial charge in [-0.25, -0.2) is 0 Å².